The molecule has 108 valence electrons. The molecule has 2 bridgehead atoms. The standard InChI is InChI=1S/C13H13N5O2S/c1-2-5-20-18-8-6-17(13(18)19)10(12-14-3-4-15-12)9-11(8)21-7-16-9/h2-4,7-8,10H,1,5-6H2,(H,14,15)/t8-,10-/m0/s1. The van der Waals surface area contributed by atoms with Crippen LogP contribution in [-0.4, -0.2) is 44.1 Å². The van der Waals surface area contributed by atoms with E-state index in [2.05, 4.69) is 21.5 Å². The van der Waals surface area contributed by atoms with Crippen molar-refractivity contribution < 1.29 is 9.63 Å². The van der Waals surface area contributed by atoms with Gasteiger partial charge in [-0.1, -0.05) is 6.08 Å². The predicted octanol–water partition coefficient (Wildman–Crippen LogP) is 1.87. The number of hydrogen-bond donors (Lipinski definition) is 1. The van der Waals surface area contributed by atoms with E-state index in [-0.39, 0.29) is 18.1 Å². The van der Waals surface area contributed by atoms with Gasteiger partial charge in [0.15, 0.2) is 0 Å². The van der Waals surface area contributed by atoms with E-state index >= 15 is 0 Å². The van der Waals surface area contributed by atoms with Gasteiger partial charge in [-0.25, -0.2) is 14.8 Å². The summed E-state index contributed by atoms with van der Waals surface area (Å²) in [5, 5.41) is 1.43. The molecule has 0 aromatic carbocycles. The van der Waals surface area contributed by atoms with Gasteiger partial charge in [-0.3, -0.25) is 4.84 Å². The highest BCUT2D eigenvalue weighted by molar-refractivity contribution is 7.09. The van der Waals surface area contributed by atoms with Crippen molar-refractivity contribution in [2.24, 2.45) is 0 Å². The summed E-state index contributed by atoms with van der Waals surface area (Å²) in [4.78, 5) is 32.8. The van der Waals surface area contributed by atoms with Gasteiger partial charge >= 0.3 is 6.03 Å². The number of urea groups is 1. The molecule has 4 heterocycles. The van der Waals surface area contributed by atoms with E-state index in [0.717, 1.165) is 16.4 Å². The van der Waals surface area contributed by atoms with Crippen LogP contribution in [0.25, 0.3) is 0 Å². The van der Waals surface area contributed by atoms with Crippen molar-refractivity contribution in [2.45, 2.75) is 12.1 Å². The number of carbonyl (C=O) groups excluding carboxylic acids is 1. The van der Waals surface area contributed by atoms with Gasteiger partial charge in [0.25, 0.3) is 0 Å². The number of thiazole rings is 1. The number of amides is 2. The molecule has 8 heteroatoms. The summed E-state index contributed by atoms with van der Waals surface area (Å²) in [6.45, 7) is 4.50. The first kappa shape index (κ1) is 12.5. The molecular weight excluding hydrogens is 290 g/mol. The number of H-pyrrole nitrogens is 1. The molecular formula is C13H13N5O2S. The van der Waals surface area contributed by atoms with Crippen molar-refractivity contribution in [1.82, 2.24) is 24.9 Å². The zero-order chi connectivity index (χ0) is 14.4. The molecule has 1 saturated heterocycles. The summed E-state index contributed by atoms with van der Waals surface area (Å²) in [5.41, 5.74) is 2.68. The lowest BCUT2D eigenvalue weighted by molar-refractivity contribution is -0.118. The van der Waals surface area contributed by atoms with E-state index in [1.165, 1.54) is 5.06 Å². The Morgan fingerprint density at radius 1 is 1.57 bits per heavy atom. The van der Waals surface area contributed by atoms with Crippen molar-refractivity contribution >= 4 is 17.4 Å². The SMILES string of the molecule is C=CCON1C(=O)N2C[C@H]1c1scnc1[C@H]2c1ncc[nH]1. The predicted molar refractivity (Wildman–Crippen MR) is 75.4 cm³/mol. The summed E-state index contributed by atoms with van der Waals surface area (Å²) in [5.74, 6) is 0.722. The number of rotatable bonds is 4. The number of hydroxylamine groups is 2. The van der Waals surface area contributed by atoms with Gasteiger partial charge in [-0.2, -0.15) is 5.06 Å². The molecule has 0 saturated carbocycles. The van der Waals surface area contributed by atoms with Gasteiger partial charge in [-0.05, 0) is 0 Å². The highest BCUT2D eigenvalue weighted by Gasteiger charge is 2.51. The molecule has 2 aromatic heterocycles. The molecule has 2 aliphatic heterocycles. The largest absolute Gasteiger partial charge is 0.347 e. The smallest absolute Gasteiger partial charge is 0.345 e. The lowest BCUT2D eigenvalue weighted by Gasteiger charge is -2.28. The number of aromatic nitrogens is 3. The van der Waals surface area contributed by atoms with Crippen LogP contribution in [0.5, 0.6) is 0 Å². The summed E-state index contributed by atoms with van der Waals surface area (Å²) in [6, 6.07) is -0.540. The fraction of sp³-hybridized carbons (Fsp3) is 0.308. The number of imidazole rings is 1. The molecule has 2 aliphatic rings. The zero-order valence-electron chi connectivity index (χ0n) is 11.1. The molecule has 2 amide bonds. The van der Waals surface area contributed by atoms with Crippen LogP contribution in [0.1, 0.15) is 28.5 Å². The molecule has 0 radical (unpaired) electrons. The van der Waals surface area contributed by atoms with Crippen LogP contribution in [0.3, 0.4) is 0 Å². The maximum atomic E-state index is 12.6. The van der Waals surface area contributed by atoms with Crippen molar-refractivity contribution in [3.8, 4) is 0 Å². The maximum absolute atomic E-state index is 12.6. The summed E-state index contributed by atoms with van der Waals surface area (Å²) in [6.07, 6.45) is 5.06. The third kappa shape index (κ3) is 1.72. The summed E-state index contributed by atoms with van der Waals surface area (Å²) < 4.78 is 0. The number of fused-ring (bicyclic) bond motifs is 4. The summed E-state index contributed by atoms with van der Waals surface area (Å²) >= 11 is 1.55. The first-order valence-electron chi connectivity index (χ1n) is 6.57. The van der Waals surface area contributed by atoms with E-state index in [9.17, 15) is 4.79 Å². The van der Waals surface area contributed by atoms with Crippen LogP contribution in [0.4, 0.5) is 4.79 Å². The second-order valence-electron chi connectivity index (χ2n) is 4.84. The second kappa shape index (κ2) is 4.68. The molecule has 21 heavy (non-hydrogen) atoms. The van der Waals surface area contributed by atoms with Gasteiger partial charge < -0.3 is 9.88 Å². The molecule has 0 spiro atoms. The number of nitrogens with zero attached hydrogens (tertiary/aromatic N) is 4. The molecule has 1 N–H and O–H groups in total. The van der Waals surface area contributed by atoms with Crippen molar-refractivity contribution in [2.75, 3.05) is 13.2 Å². The number of aromatic amines is 1. The molecule has 0 unspecified atom stereocenters. The minimum atomic E-state index is -0.276. The highest BCUT2D eigenvalue weighted by atomic mass is 32.1. The molecule has 2 aromatic rings. The van der Waals surface area contributed by atoms with Crippen molar-refractivity contribution in [1.29, 1.82) is 0 Å². The van der Waals surface area contributed by atoms with Crippen molar-refractivity contribution in [3.63, 3.8) is 0 Å². The van der Waals surface area contributed by atoms with E-state index in [1.54, 1.807) is 40.2 Å². The van der Waals surface area contributed by atoms with Crippen LogP contribution in [0, 0.1) is 0 Å². The topological polar surface area (TPSA) is 74.3 Å². The van der Waals surface area contributed by atoms with E-state index in [0.29, 0.717) is 13.2 Å². The molecule has 4 rings (SSSR count). The third-order valence-corrected chi connectivity index (χ3v) is 4.64. The van der Waals surface area contributed by atoms with Crippen molar-refractivity contribution in [3.05, 3.63) is 47.0 Å². The zero-order valence-corrected chi connectivity index (χ0v) is 11.9. The van der Waals surface area contributed by atoms with Gasteiger partial charge in [-0.15, -0.1) is 17.9 Å². The Bertz CT molecular complexity index is 683. The molecule has 0 aliphatic carbocycles. The van der Waals surface area contributed by atoms with Gasteiger partial charge in [0, 0.05) is 12.4 Å². The van der Waals surface area contributed by atoms with Crippen LogP contribution in [0.15, 0.2) is 30.6 Å². The number of carbonyl (C=O) groups is 1. The van der Waals surface area contributed by atoms with Gasteiger partial charge in [0.05, 0.1) is 29.2 Å². The summed E-state index contributed by atoms with van der Waals surface area (Å²) in [7, 11) is 0. The van der Waals surface area contributed by atoms with E-state index in [4.69, 9.17) is 4.84 Å². The normalized spacial score (nSPS) is 23.5. The lowest BCUT2D eigenvalue weighted by Crippen LogP contribution is -2.35. The average Bonchev–Trinajstić information content (AvgIpc) is 3.21. The maximum Gasteiger partial charge on any atom is 0.345 e. The Hall–Kier alpha value is -2.19. The third-order valence-electron chi connectivity index (χ3n) is 3.69. The van der Waals surface area contributed by atoms with Gasteiger partial charge in [0.1, 0.15) is 17.9 Å². The number of nitrogens with one attached hydrogen (secondary N) is 1. The lowest BCUT2D eigenvalue weighted by atomic mass is 10.0. The molecule has 2 atom stereocenters. The second-order valence-corrected chi connectivity index (χ2v) is 5.73. The molecule has 7 nitrogen and oxygen atoms in total. The fourth-order valence-electron chi connectivity index (χ4n) is 2.85. The first-order chi connectivity index (χ1) is 10.3. The quantitative estimate of drug-likeness (QED) is 0.875. The monoisotopic (exact) mass is 303 g/mol. The van der Waals surface area contributed by atoms with E-state index in [1.807, 2.05) is 0 Å². The minimum absolute atomic E-state index is 0.105. The Kier molecular flexibility index (Phi) is 2.79. The Balaban J connectivity index is 1.78. The van der Waals surface area contributed by atoms with Gasteiger partial charge in [0.2, 0.25) is 0 Å². The Labute approximate surface area is 124 Å². The first-order valence-corrected chi connectivity index (χ1v) is 7.45. The average molecular weight is 303 g/mol. The molecule has 1 fully saturated rings. The minimum Gasteiger partial charge on any atom is -0.347 e. The van der Waals surface area contributed by atoms with Crippen LogP contribution >= 0.6 is 11.3 Å². The Morgan fingerprint density at radius 2 is 2.48 bits per heavy atom. The van der Waals surface area contributed by atoms with Crippen LogP contribution < -0.4 is 0 Å². The van der Waals surface area contributed by atoms with Crippen LogP contribution in [0.2, 0.25) is 0 Å². The van der Waals surface area contributed by atoms with Crippen LogP contribution in [-0.2, 0) is 4.84 Å². The fourth-order valence-corrected chi connectivity index (χ4v) is 3.74. The van der Waals surface area contributed by atoms with E-state index < -0.39 is 0 Å². The Morgan fingerprint density at radius 3 is 3.24 bits per heavy atom. The number of hydrogen-bond acceptors (Lipinski definition) is 5. The highest BCUT2D eigenvalue weighted by Crippen LogP contribution is 2.46.